The highest BCUT2D eigenvalue weighted by molar-refractivity contribution is 5.96. The number of rotatable bonds is 7. The smallest absolute Gasteiger partial charge is 0.269 e. The molecule has 0 bridgehead atoms. The number of nitro benzene ring substituents is 1. The van der Waals surface area contributed by atoms with Crippen molar-refractivity contribution >= 4 is 23.6 Å². The van der Waals surface area contributed by atoms with E-state index in [0.717, 1.165) is 6.42 Å². The van der Waals surface area contributed by atoms with Gasteiger partial charge in [-0.1, -0.05) is 27.7 Å². The van der Waals surface area contributed by atoms with E-state index in [1.807, 2.05) is 13.8 Å². The fourth-order valence-electron chi connectivity index (χ4n) is 3.45. The van der Waals surface area contributed by atoms with Crippen LogP contribution in [0.2, 0.25) is 0 Å². The van der Waals surface area contributed by atoms with Crippen LogP contribution in [0.25, 0.3) is 6.08 Å². The van der Waals surface area contributed by atoms with Crippen molar-refractivity contribution in [3.05, 3.63) is 46.0 Å². The predicted octanol–water partition coefficient (Wildman–Crippen LogP) is 3.40. The molecule has 1 aromatic rings. The summed E-state index contributed by atoms with van der Waals surface area (Å²) in [4.78, 5) is 37.4. The molecule has 0 spiro atoms. The molecule has 0 aliphatic carbocycles. The SMILES string of the molecule is CC(C)C[C@H]1CN(C(=O)/C=C/c2ccc([N+](=O)[O-])cc2)[C@@H](CC(C)C)C(=O)N1. The number of hydrogen-bond donors (Lipinski definition) is 1. The van der Waals surface area contributed by atoms with Crippen LogP contribution in [0.4, 0.5) is 5.69 Å². The third-order valence-electron chi connectivity index (χ3n) is 4.70. The van der Waals surface area contributed by atoms with Crippen molar-refractivity contribution in [1.82, 2.24) is 10.2 Å². The molecule has 7 nitrogen and oxygen atoms in total. The van der Waals surface area contributed by atoms with E-state index < -0.39 is 11.0 Å². The third-order valence-corrected chi connectivity index (χ3v) is 4.70. The standard InChI is InChI=1S/C21H29N3O4/c1-14(2)11-17-13-23(19(12-15(3)4)21(26)22-17)20(25)10-7-16-5-8-18(9-6-16)24(27)28/h5-10,14-15,17,19H,11-13H2,1-4H3,(H,22,26)/b10-7+/t17-,19-/m0/s1. The maximum absolute atomic E-state index is 12.9. The van der Waals surface area contributed by atoms with Crippen molar-refractivity contribution < 1.29 is 14.5 Å². The fraction of sp³-hybridized carbons (Fsp3) is 0.524. The molecule has 2 amide bonds. The molecule has 0 aromatic heterocycles. The van der Waals surface area contributed by atoms with Crippen LogP contribution in [0, 0.1) is 22.0 Å². The highest BCUT2D eigenvalue weighted by Gasteiger charge is 2.36. The first kappa shape index (κ1) is 21.6. The van der Waals surface area contributed by atoms with Crippen molar-refractivity contribution in [2.24, 2.45) is 11.8 Å². The van der Waals surface area contributed by atoms with Crippen molar-refractivity contribution in [3.63, 3.8) is 0 Å². The Kier molecular flexibility index (Phi) is 7.31. The van der Waals surface area contributed by atoms with Gasteiger partial charge in [-0.3, -0.25) is 19.7 Å². The minimum Gasteiger partial charge on any atom is -0.350 e. The third kappa shape index (κ3) is 5.90. The average Bonchev–Trinajstić information content (AvgIpc) is 2.61. The lowest BCUT2D eigenvalue weighted by Gasteiger charge is -2.40. The molecule has 1 heterocycles. The summed E-state index contributed by atoms with van der Waals surface area (Å²) in [5, 5.41) is 13.8. The van der Waals surface area contributed by atoms with Crippen LogP contribution < -0.4 is 5.32 Å². The first-order chi connectivity index (χ1) is 13.2. The lowest BCUT2D eigenvalue weighted by molar-refractivity contribution is -0.384. The number of benzene rings is 1. The number of nitrogens with one attached hydrogen (secondary N) is 1. The molecule has 1 aliphatic rings. The Morgan fingerprint density at radius 1 is 1.21 bits per heavy atom. The van der Waals surface area contributed by atoms with Crippen LogP contribution in [-0.2, 0) is 9.59 Å². The van der Waals surface area contributed by atoms with Crippen LogP contribution in [0.1, 0.15) is 46.1 Å². The number of nitro groups is 1. The van der Waals surface area contributed by atoms with E-state index in [-0.39, 0.29) is 29.5 Å². The molecular weight excluding hydrogens is 358 g/mol. The van der Waals surface area contributed by atoms with Crippen molar-refractivity contribution in [2.45, 2.75) is 52.6 Å². The lowest BCUT2D eigenvalue weighted by atomic mass is 9.95. The van der Waals surface area contributed by atoms with Crippen LogP contribution in [-0.4, -0.2) is 40.3 Å². The summed E-state index contributed by atoms with van der Waals surface area (Å²) in [6.45, 7) is 8.73. The van der Waals surface area contributed by atoms with Gasteiger partial charge in [0.05, 0.1) is 4.92 Å². The molecule has 1 aromatic carbocycles. The second-order valence-electron chi connectivity index (χ2n) is 8.15. The quantitative estimate of drug-likeness (QED) is 0.441. The van der Waals surface area contributed by atoms with Gasteiger partial charge in [0.2, 0.25) is 11.8 Å². The van der Waals surface area contributed by atoms with Gasteiger partial charge in [-0.2, -0.15) is 0 Å². The summed E-state index contributed by atoms with van der Waals surface area (Å²) in [5.41, 5.74) is 0.698. The van der Waals surface area contributed by atoms with E-state index >= 15 is 0 Å². The average molecular weight is 387 g/mol. The molecule has 1 N–H and O–H groups in total. The predicted molar refractivity (Wildman–Crippen MR) is 108 cm³/mol. The first-order valence-corrected chi connectivity index (χ1v) is 9.71. The number of nitrogens with zero attached hydrogens (tertiary/aromatic N) is 2. The van der Waals surface area contributed by atoms with E-state index in [9.17, 15) is 19.7 Å². The van der Waals surface area contributed by atoms with E-state index in [4.69, 9.17) is 0 Å². The van der Waals surface area contributed by atoms with Crippen LogP contribution >= 0.6 is 0 Å². The Labute approximate surface area is 165 Å². The van der Waals surface area contributed by atoms with Gasteiger partial charge >= 0.3 is 0 Å². The van der Waals surface area contributed by atoms with Gasteiger partial charge in [0, 0.05) is 30.8 Å². The summed E-state index contributed by atoms with van der Waals surface area (Å²) < 4.78 is 0. The van der Waals surface area contributed by atoms with Gasteiger partial charge in [0.25, 0.3) is 5.69 Å². The zero-order chi connectivity index (χ0) is 20.8. The van der Waals surface area contributed by atoms with Crippen molar-refractivity contribution in [1.29, 1.82) is 0 Å². The van der Waals surface area contributed by atoms with Crippen LogP contribution in [0.15, 0.2) is 30.3 Å². The maximum atomic E-state index is 12.9. The molecule has 28 heavy (non-hydrogen) atoms. The topological polar surface area (TPSA) is 92.6 Å². The number of piperazine rings is 1. The van der Waals surface area contributed by atoms with E-state index in [0.29, 0.717) is 24.4 Å². The Balaban J connectivity index is 2.16. The summed E-state index contributed by atoms with van der Waals surface area (Å²) in [5.74, 6) is 0.390. The Morgan fingerprint density at radius 2 is 1.82 bits per heavy atom. The van der Waals surface area contributed by atoms with Gasteiger partial charge in [-0.15, -0.1) is 0 Å². The van der Waals surface area contributed by atoms with Crippen molar-refractivity contribution in [3.8, 4) is 0 Å². The Morgan fingerprint density at radius 3 is 2.36 bits per heavy atom. The molecule has 2 rings (SSSR count). The molecular formula is C21H29N3O4. The molecule has 2 atom stereocenters. The lowest BCUT2D eigenvalue weighted by Crippen LogP contribution is -2.61. The number of amides is 2. The second kappa shape index (κ2) is 9.48. The molecule has 152 valence electrons. The first-order valence-electron chi connectivity index (χ1n) is 9.71. The number of carbonyl (C=O) groups excluding carboxylic acids is 2. The molecule has 0 radical (unpaired) electrons. The van der Waals surface area contributed by atoms with Crippen LogP contribution in [0.5, 0.6) is 0 Å². The van der Waals surface area contributed by atoms with Crippen LogP contribution in [0.3, 0.4) is 0 Å². The summed E-state index contributed by atoms with van der Waals surface area (Å²) in [7, 11) is 0. The largest absolute Gasteiger partial charge is 0.350 e. The van der Waals surface area contributed by atoms with Gasteiger partial charge in [-0.05, 0) is 48.4 Å². The van der Waals surface area contributed by atoms with Gasteiger partial charge < -0.3 is 10.2 Å². The highest BCUT2D eigenvalue weighted by Crippen LogP contribution is 2.20. The monoisotopic (exact) mass is 387 g/mol. The molecule has 1 fully saturated rings. The maximum Gasteiger partial charge on any atom is 0.269 e. The highest BCUT2D eigenvalue weighted by atomic mass is 16.6. The van der Waals surface area contributed by atoms with Gasteiger partial charge in [0.1, 0.15) is 6.04 Å². The minimum absolute atomic E-state index is 0.00435. The summed E-state index contributed by atoms with van der Waals surface area (Å²) in [6, 6.07) is 5.47. The number of carbonyl (C=O) groups is 2. The van der Waals surface area contributed by atoms with Gasteiger partial charge in [0.15, 0.2) is 0 Å². The Hall–Kier alpha value is -2.70. The van der Waals surface area contributed by atoms with Gasteiger partial charge in [-0.25, -0.2) is 0 Å². The molecule has 0 saturated carbocycles. The molecule has 7 heteroatoms. The summed E-state index contributed by atoms with van der Waals surface area (Å²) >= 11 is 0. The Bertz CT molecular complexity index is 741. The normalized spacial score (nSPS) is 20.1. The molecule has 1 saturated heterocycles. The van der Waals surface area contributed by atoms with E-state index in [2.05, 4.69) is 19.2 Å². The zero-order valence-corrected chi connectivity index (χ0v) is 16.9. The fourth-order valence-corrected chi connectivity index (χ4v) is 3.45. The second-order valence-corrected chi connectivity index (χ2v) is 8.15. The zero-order valence-electron chi connectivity index (χ0n) is 16.9. The number of non-ortho nitro benzene ring substituents is 1. The van der Waals surface area contributed by atoms with E-state index in [1.54, 1.807) is 23.1 Å². The van der Waals surface area contributed by atoms with E-state index in [1.165, 1.54) is 18.2 Å². The molecule has 1 aliphatic heterocycles. The van der Waals surface area contributed by atoms with Crippen molar-refractivity contribution in [2.75, 3.05) is 6.54 Å². The number of hydrogen-bond acceptors (Lipinski definition) is 4. The summed E-state index contributed by atoms with van der Waals surface area (Å²) in [6.07, 6.45) is 4.50. The molecule has 0 unspecified atom stereocenters. The minimum atomic E-state index is -0.475.